The normalized spacial score (nSPS) is 10.0. The highest BCUT2D eigenvalue weighted by Crippen LogP contribution is 2.24. The van der Waals surface area contributed by atoms with E-state index in [0.717, 1.165) is 6.54 Å². The fourth-order valence-corrected chi connectivity index (χ4v) is 1.25. The maximum atomic E-state index is 12.7. The van der Waals surface area contributed by atoms with E-state index in [9.17, 15) is 4.39 Å². The number of benzene rings is 1. The molecule has 0 bridgehead atoms. The Bertz CT molecular complexity index is 330. The van der Waals surface area contributed by atoms with Gasteiger partial charge < -0.3 is 10.1 Å². The maximum absolute atomic E-state index is 12.7. The second-order valence-corrected chi connectivity index (χ2v) is 3.32. The number of nitrogens with one attached hydrogen (secondary N) is 1. The highest BCUT2D eigenvalue weighted by molar-refractivity contribution is 6.32. The number of ether oxygens (including phenoxy) is 1. The molecule has 0 unspecified atom stereocenters. The molecule has 0 spiro atoms. The first-order chi connectivity index (χ1) is 7.24. The number of halogens is 2. The van der Waals surface area contributed by atoms with Gasteiger partial charge in [0.2, 0.25) is 0 Å². The van der Waals surface area contributed by atoms with Gasteiger partial charge in [0.15, 0.2) is 0 Å². The summed E-state index contributed by atoms with van der Waals surface area (Å²) in [5, 5.41) is 3.37. The number of hydrogen-bond acceptors (Lipinski definition) is 2. The lowest BCUT2D eigenvalue weighted by Gasteiger charge is -2.07. The molecule has 0 saturated carbocycles. The Morgan fingerprint density at radius 2 is 2.33 bits per heavy atom. The van der Waals surface area contributed by atoms with Crippen LogP contribution in [0.4, 0.5) is 4.39 Å². The smallest absolute Gasteiger partial charge is 0.138 e. The van der Waals surface area contributed by atoms with Gasteiger partial charge in [0, 0.05) is 13.1 Å². The summed E-state index contributed by atoms with van der Waals surface area (Å²) in [6, 6.07) is 4.07. The minimum atomic E-state index is -0.364. The molecule has 0 heterocycles. The van der Waals surface area contributed by atoms with Gasteiger partial charge in [-0.05, 0) is 18.2 Å². The molecule has 2 nitrogen and oxygen atoms in total. The fraction of sp³-hybridized carbons (Fsp3) is 0.273. The van der Waals surface area contributed by atoms with Crippen molar-refractivity contribution < 1.29 is 9.13 Å². The average molecular weight is 230 g/mol. The van der Waals surface area contributed by atoms with Crippen LogP contribution in [0.15, 0.2) is 30.9 Å². The topological polar surface area (TPSA) is 21.3 Å². The second kappa shape index (κ2) is 6.43. The van der Waals surface area contributed by atoms with Crippen LogP contribution < -0.4 is 10.1 Å². The van der Waals surface area contributed by atoms with Crippen molar-refractivity contribution in [3.8, 4) is 5.75 Å². The molecule has 4 heteroatoms. The summed E-state index contributed by atoms with van der Waals surface area (Å²) in [5.74, 6) is 0.135. The van der Waals surface area contributed by atoms with E-state index in [1.54, 1.807) is 6.08 Å². The van der Waals surface area contributed by atoms with Gasteiger partial charge in [-0.3, -0.25) is 0 Å². The summed E-state index contributed by atoms with van der Waals surface area (Å²) in [7, 11) is 0. The molecular formula is C11H13ClFNO. The van der Waals surface area contributed by atoms with E-state index in [1.165, 1.54) is 18.2 Å². The van der Waals surface area contributed by atoms with Crippen LogP contribution >= 0.6 is 11.6 Å². The Morgan fingerprint density at radius 3 is 3.00 bits per heavy atom. The SMILES string of the molecule is C=CCNCCOc1ccc(F)cc1Cl. The van der Waals surface area contributed by atoms with Gasteiger partial charge >= 0.3 is 0 Å². The molecule has 0 radical (unpaired) electrons. The van der Waals surface area contributed by atoms with Gasteiger partial charge in [0.25, 0.3) is 0 Å². The molecule has 0 atom stereocenters. The Hall–Kier alpha value is -1.06. The molecule has 15 heavy (non-hydrogen) atoms. The Morgan fingerprint density at radius 1 is 1.53 bits per heavy atom. The zero-order chi connectivity index (χ0) is 11.1. The van der Waals surface area contributed by atoms with Gasteiger partial charge in [-0.1, -0.05) is 17.7 Å². The maximum Gasteiger partial charge on any atom is 0.138 e. The summed E-state index contributed by atoms with van der Waals surface area (Å²) in [6.45, 7) is 5.49. The lowest BCUT2D eigenvalue weighted by atomic mass is 10.3. The van der Waals surface area contributed by atoms with Gasteiger partial charge in [0.05, 0.1) is 5.02 Å². The van der Waals surface area contributed by atoms with Crippen molar-refractivity contribution in [3.05, 3.63) is 41.7 Å². The molecule has 0 fully saturated rings. The van der Waals surface area contributed by atoms with Crippen LogP contribution in [-0.4, -0.2) is 19.7 Å². The predicted molar refractivity (Wildman–Crippen MR) is 60.0 cm³/mol. The summed E-state index contributed by atoms with van der Waals surface area (Å²) < 4.78 is 18.0. The van der Waals surface area contributed by atoms with E-state index in [-0.39, 0.29) is 5.82 Å². The molecule has 82 valence electrons. The van der Waals surface area contributed by atoms with E-state index in [2.05, 4.69) is 11.9 Å². The molecule has 0 amide bonds. The summed E-state index contributed by atoms with van der Waals surface area (Å²) in [5.41, 5.74) is 0. The van der Waals surface area contributed by atoms with Gasteiger partial charge in [-0.15, -0.1) is 6.58 Å². The molecule has 1 aromatic rings. The van der Waals surface area contributed by atoms with Crippen LogP contribution in [0.25, 0.3) is 0 Å². The first-order valence-electron chi connectivity index (χ1n) is 4.63. The van der Waals surface area contributed by atoms with Crippen molar-refractivity contribution in [2.24, 2.45) is 0 Å². The van der Waals surface area contributed by atoms with Gasteiger partial charge in [0.1, 0.15) is 18.2 Å². The fourth-order valence-electron chi connectivity index (χ4n) is 1.03. The van der Waals surface area contributed by atoms with E-state index in [4.69, 9.17) is 16.3 Å². The summed E-state index contributed by atoms with van der Waals surface area (Å²) in [4.78, 5) is 0. The van der Waals surface area contributed by atoms with E-state index < -0.39 is 0 Å². The van der Waals surface area contributed by atoms with Crippen LogP contribution in [0.2, 0.25) is 5.02 Å². The van der Waals surface area contributed by atoms with Gasteiger partial charge in [-0.2, -0.15) is 0 Å². The highest BCUT2D eigenvalue weighted by atomic mass is 35.5. The number of rotatable bonds is 6. The highest BCUT2D eigenvalue weighted by Gasteiger charge is 2.01. The monoisotopic (exact) mass is 229 g/mol. The van der Waals surface area contributed by atoms with Crippen LogP contribution in [-0.2, 0) is 0 Å². The number of hydrogen-bond donors (Lipinski definition) is 1. The van der Waals surface area contributed by atoms with Gasteiger partial charge in [-0.25, -0.2) is 4.39 Å². The zero-order valence-electron chi connectivity index (χ0n) is 8.30. The quantitative estimate of drug-likeness (QED) is 0.598. The molecule has 0 aromatic heterocycles. The summed E-state index contributed by atoms with van der Waals surface area (Å²) >= 11 is 5.77. The second-order valence-electron chi connectivity index (χ2n) is 2.92. The molecule has 1 aromatic carbocycles. The van der Waals surface area contributed by atoms with Crippen molar-refractivity contribution in [1.29, 1.82) is 0 Å². The standard InChI is InChI=1S/C11H13ClFNO/c1-2-5-14-6-7-15-11-4-3-9(13)8-10(11)12/h2-4,8,14H,1,5-7H2. The Balaban J connectivity index is 2.34. The molecule has 0 saturated heterocycles. The minimum Gasteiger partial charge on any atom is -0.491 e. The van der Waals surface area contributed by atoms with Crippen LogP contribution in [0.3, 0.4) is 0 Å². The third-order valence-corrected chi connectivity index (χ3v) is 2.01. The van der Waals surface area contributed by atoms with E-state index in [1.807, 2.05) is 0 Å². The van der Waals surface area contributed by atoms with Crippen molar-refractivity contribution in [1.82, 2.24) is 5.32 Å². The lowest BCUT2D eigenvalue weighted by Crippen LogP contribution is -2.20. The Labute approximate surface area is 93.7 Å². The molecule has 0 aliphatic heterocycles. The molecule has 0 aliphatic carbocycles. The molecule has 1 N–H and O–H groups in total. The van der Waals surface area contributed by atoms with Crippen LogP contribution in [0, 0.1) is 5.82 Å². The predicted octanol–water partition coefficient (Wildman–Crippen LogP) is 2.63. The third-order valence-electron chi connectivity index (χ3n) is 1.72. The van der Waals surface area contributed by atoms with Crippen molar-refractivity contribution >= 4 is 11.6 Å². The van der Waals surface area contributed by atoms with Crippen LogP contribution in [0.5, 0.6) is 5.75 Å². The van der Waals surface area contributed by atoms with Crippen LogP contribution in [0.1, 0.15) is 0 Å². The van der Waals surface area contributed by atoms with Crippen molar-refractivity contribution in [3.63, 3.8) is 0 Å². The average Bonchev–Trinajstić information content (AvgIpc) is 2.20. The Kier molecular flexibility index (Phi) is 5.15. The minimum absolute atomic E-state index is 0.290. The zero-order valence-corrected chi connectivity index (χ0v) is 9.06. The van der Waals surface area contributed by atoms with Crippen molar-refractivity contribution in [2.45, 2.75) is 0 Å². The summed E-state index contributed by atoms with van der Waals surface area (Å²) in [6.07, 6.45) is 1.77. The van der Waals surface area contributed by atoms with E-state index in [0.29, 0.717) is 23.9 Å². The van der Waals surface area contributed by atoms with Crippen molar-refractivity contribution in [2.75, 3.05) is 19.7 Å². The molecule has 1 rings (SSSR count). The molecule has 0 aliphatic rings. The lowest BCUT2D eigenvalue weighted by molar-refractivity contribution is 0.316. The third kappa shape index (κ3) is 4.32. The first-order valence-corrected chi connectivity index (χ1v) is 5.01. The first kappa shape index (κ1) is 12.0. The largest absolute Gasteiger partial charge is 0.491 e. The molecular weight excluding hydrogens is 217 g/mol. The van der Waals surface area contributed by atoms with E-state index >= 15 is 0 Å².